The third-order valence-corrected chi connectivity index (χ3v) is 8.82. The Morgan fingerprint density at radius 2 is 1.90 bits per heavy atom. The fraction of sp³-hybridized carbons (Fsp3) is 0.357. The van der Waals surface area contributed by atoms with Crippen LogP contribution >= 0.6 is 11.3 Å². The first-order valence-electron chi connectivity index (χ1n) is 12.8. The Morgan fingerprint density at radius 1 is 1.15 bits per heavy atom. The molecule has 2 N–H and O–H groups in total. The summed E-state index contributed by atoms with van der Waals surface area (Å²) < 4.78 is 57.4. The van der Waals surface area contributed by atoms with Crippen LogP contribution in [0.15, 0.2) is 54.7 Å². The maximum absolute atomic E-state index is 13.5. The fourth-order valence-corrected chi connectivity index (χ4v) is 6.76. The number of aromatic nitrogens is 1. The van der Waals surface area contributed by atoms with E-state index in [1.165, 1.54) is 17.4 Å². The first-order valence-corrected chi connectivity index (χ1v) is 13.6. The number of aliphatic hydroxyl groups excluding tert-OH is 1. The van der Waals surface area contributed by atoms with Crippen LogP contribution in [0.4, 0.5) is 13.2 Å². The molecule has 2 aromatic carbocycles. The average molecular weight is 575 g/mol. The van der Waals surface area contributed by atoms with Gasteiger partial charge in [-0.05, 0) is 68.6 Å². The number of hydrogen-bond donors (Lipinski definition) is 2. The average Bonchev–Trinajstić information content (AvgIpc) is 3.62. The van der Waals surface area contributed by atoms with Gasteiger partial charge in [0.15, 0.2) is 6.10 Å². The number of benzene rings is 2. The number of rotatable bonds is 6. The normalized spacial score (nSPS) is 22.4. The van der Waals surface area contributed by atoms with Crippen molar-refractivity contribution in [2.45, 2.75) is 50.0 Å². The molecule has 0 spiro atoms. The molecule has 2 aliphatic heterocycles. The van der Waals surface area contributed by atoms with E-state index < -0.39 is 35.8 Å². The lowest BCUT2D eigenvalue weighted by Crippen LogP contribution is -2.56. The molecule has 0 bridgehead atoms. The smallest absolute Gasteiger partial charge is 0.418 e. The number of halogens is 3. The topological polar surface area (TPSA) is 101 Å². The first kappa shape index (κ1) is 26.6. The van der Waals surface area contributed by atoms with Gasteiger partial charge in [-0.2, -0.15) is 13.2 Å². The Hall–Kier alpha value is -3.61. The molecule has 0 saturated carbocycles. The summed E-state index contributed by atoms with van der Waals surface area (Å²) in [5.41, 5.74) is 0.0967. The lowest BCUT2D eigenvalue weighted by atomic mass is 9.89. The summed E-state index contributed by atoms with van der Waals surface area (Å²) in [4.78, 5) is 29.9. The van der Waals surface area contributed by atoms with E-state index in [1.807, 2.05) is 17.9 Å². The number of β-amino-alcohol motifs (C(OH)–C–C–N with tert-alkyl or cyclic N) is 1. The molecule has 0 radical (unpaired) electrons. The molecular weight excluding hydrogens is 549 g/mol. The highest BCUT2D eigenvalue weighted by molar-refractivity contribution is 7.19. The summed E-state index contributed by atoms with van der Waals surface area (Å²) in [6.45, 7) is 2.42. The molecule has 40 heavy (non-hydrogen) atoms. The van der Waals surface area contributed by atoms with Crippen molar-refractivity contribution in [1.29, 1.82) is 0 Å². The van der Waals surface area contributed by atoms with Crippen LogP contribution in [0.2, 0.25) is 0 Å². The lowest BCUT2D eigenvalue weighted by Gasteiger charge is -2.40. The van der Waals surface area contributed by atoms with Crippen LogP contribution in [0, 0.1) is 0 Å². The number of H-pyrrole nitrogens is 1. The van der Waals surface area contributed by atoms with Crippen LogP contribution in [0.25, 0.3) is 21.0 Å². The van der Waals surface area contributed by atoms with Gasteiger partial charge >= 0.3 is 24.1 Å². The zero-order valence-electron chi connectivity index (χ0n) is 21.2. The Balaban J connectivity index is 1.19. The minimum absolute atomic E-state index is 0.0395. The van der Waals surface area contributed by atoms with E-state index in [0.29, 0.717) is 29.5 Å². The largest absolute Gasteiger partial charge is 0.451 e. The van der Waals surface area contributed by atoms with Gasteiger partial charge in [0, 0.05) is 44.6 Å². The highest BCUT2D eigenvalue weighted by Gasteiger charge is 2.58. The fourth-order valence-electron chi connectivity index (χ4n) is 5.52. The molecule has 2 aliphatic rings. The summed E-state index contributed by atoms with van der Waals surface area (Å²) in [7, 11) is 0. The van der Waals surface area contributed by atoms with Gasteiger partial charge in [-0.25, -0.2) is 9.59 Å². The molecule has 4 aromatic rings. The molecule has 4 heterocycles. The molecule has 2 fully saturated rings. The summed E-state index contributed by atoms with van der Waals surface area (Å²) in [5, 5.41) is 12.1. The number of thiophene rings is 1. The minimum atomic E-state index is -4.43. The van der Waals surface area contributed by atoms with Crippen molar-refractivity contribution in [2.75, 3.05) is 13.1 Å². The number of ether oxygens (including phenoxy) is 3. The van der Waals surface area contributed by atoms with E-state index in [1.54, 1.807) is 36.5 Å². The standard InChI is InChI=1S/C28H25F3N2O6S/c1-15-12-16(23-13-18-19(27(29,30)31)4-2-7-22(18)40-23)9-11-33(15)14-24(34)28(38-25(35)26(36)39-28)37-21-6-3-5-20-17(21)8-10-32-20/h2-8,10,13,15-16,24,32,34H,9,11-12,14H2,1H3/t15-,16-,24+/m1/s1. The highest BCUT2D eigenvalue weighted by atomic mass is 32.1. The molecule has 0 unspecified atom stereocenters. The van der Waals surface area contributed by atoms with E-state index in [-0.39, 0.29) is 29.6 Å². The van der Waals surface area contributed by atoms with Gasteiger partial charge < -0.3 is 24.3 Å². The Bertz CT molecular complexity index is 1580. The number of likely N-dealkylation sites (tertiary alicyclic amines) is 1. The number of fused-ring (bicyclic) bond motifs is 2. The van der Waals surface area contributed by atoms with E-state index in [4.69, 9.17) is 14.2 Å². The maximum atomic E-state index is 13.5. The van der Waals surface area contributed by atoms with Crippen molar-refractivity contribution in [3.63, 3.8) is 0 Å². The van der Waals surface area contributed by atoms with E-state index in [9.17, 15) is 27.9 Å². The summed E-state index contributed by atoms with van der Waals surface area (Å²) in [6, 6.07) is 12.6. The number of aliphatic hydroxyl groups is 1. The van der Waals surface area contributed by atoms with E-state index in [0.717, 1.165) is 16.5 Å². The predicted octanol–water partition coefficient (Wildman–Crippen LogP) is 5.16. The molecular formula is C28H25F3N2O6S. The first-order chi connectivity index (χ1) is 19.0. The molecule has 6 rings (SSSR count). The number of aromatic amines is 1. The van der Waals surface area contributed by atoms with Crippen LogP contribution in [0.1, 0.15) is 36.1 Å². The number of carbonyl (C=O) groups excluding carboxylic acids is 2. The molecule has 2 saturated heterocycles. The van der Waals surface area contributed by atoms with E-state index in [2.05, 4.69) is 4.98 Å². The molecule has 0 aliphatic carbocycles. The number of esters is 2. The second-order valence-corrected chi connectivity index (χ2v) is 11.2. The zero-order chi connectivity index (χ0) is 28.2. The number of carbonyl (C=O) groups is 2. The number of hydrogen-bond acceptors (Lipinski definition) is 8. The van der Waals surface area contributed by atoms with Gasteiger partial charge in [0.1, 0.15) is 5.75 Å². The molecule has 12 heteroatoms. The Kier molecular flexibility index (Phi) is 6.51. The number of cyclic esters (lactones) is 2. The van der Waals surface area contributed by atoms with E-state index >= 15 is 0 Å². The van der Waals surface area contributed by atoms with Gasteiger partial charge in [-0.1, -0.05) is 12.1 Å². The monoisotopic (exact) mass is 574 g/mol. The number of nitrogens with zero attached hydrogens (tertiary/aromatic N) is 1. The van der Waals surface area contributed by atoms with Crippen molar-refractivity contribution in [2.24, 2.45) is 0 Å². The zero-order valence-corrected chi connectivity index (χ0v) is 22.1. The van der Waals surface area contributed by atoms with Crippen molar-refractivity contribution in [3.8, 4) is 5.75 Å². The second-order valence-electron chi connectivity index (χ2n) is 10.1. The molecule has 210 valence electrons. The van der Waals surface area contributed by atoms with Gasteiger partial charge in [-0.15, -0.1) is 11.3 Å². The second kappa shape index (κ2) is 9.79. The predicted molar refractivity (Wildman–Crippen MR) is 140 cm³/mol. The molecule has 0 amide bonds. The highest BCUT2D eigenvalue weighted by Crippen LogP contribution is 2.43. The molecule has 2 aromatic heterocycles. The van der Waals surface area contributed by atoms with Crippen LogP contribution in [0.3, 0.4) is 0 Å². The number of piperidine rings is 1. The molecule has 3 atom stereocenters. The SMILES string of the molecule is C[C@@H]1C[C@H](c2cc3c(C(F)(F)F)cccc3s2)CCN1C[C@H](O)C1(Oc2cccc3[nH]ccc23)OC(=O)C(=O)O1. The summed E-state index contributed by atoms with van der Waals surface area (Å²) in [5.74, 6) is -4.61. The van der Waals surface area contributed by atoms with Gasteiger partial charge in [0.25, 0.3) is 0 Å². The van der Waals surface area contributed by atoms with Crippen molar-refractivity contribution in [1.82, 2.24) is 9.88 Å². The number of nitrogens with one attached hydrogen (secondary N) is 1. The van der Waals surface area contributed by atoms with Crippen molar-refractivity contribution >= 4 is 44.3 Å². The van der Waals surface area contributed by atoms with Crippen LogP contribution in [-0.4, -0.2) is 58.1 Å². The van der Waals surface area contributed by atoms with Crippen LogP contribution in [0.5, 0.6) is 5.75 Å². The third kappa shape index (κ3) is 4.69. The Labute approximate surface area is 230 Å². The van der Waals surface area contributed by atoms with Crippen LogP contribution in [-0.2, 0) is 25.2 Å². The van der Waals surface area contributed by atoms with Crippen molar-refractivity contribution < 1.29 is 42.1 Å². The quantitative estimate of drug-likeness (QED) is 0.242. The number of alkyl halides is 3. The molecule has 8 nitrogen and oxygen atoms in total. The van der Waals surface area contributed by atoms with Gasteiger partial charge in [-0.3, -0.25) is 4.90 Å². The minimum Gasteiger partial charge on any atom is -0.418 e. The third-order valence-electron chi connectivity index (χ3n) is 7.56. The van der Waals surface area contributed by atoms with Gasteiger partial charge in [0.2, 0.25) is 0 Å². The van der Waals surface area contributed by atoms with Crippen molar-refractivity contribution in [3.05, 3.63) is 65.2 Å². The maximum Gasteiger partial charge on any atom is 0.451 e. The summed E-state index contributed by atoms with van der Waals surface area (Å²) >= 11 is 1.37. The Morgan fingerprint density at radius 3 is 2.62 bits per heavy atom. The summed E-state index contributed by atoms with van der Waals surface area (Å²) in [6.07, 6.45) is -3.00. The van der Waals surface area contributed by atoms with Gasteiger partial charge in [0.05, 0.1) is 5.56 Å². The van der Waals surface area contributed by atoms with Crippen LogP contribution < -0.4 is 4.74 Å². The lowest BCUT2D eigenvalue weighted by molar-refractivity contribution is -0.319.